The Hall–Kier alpha value is -2.49. The van der Waals surface area contributed by atoms with Crippen LogP contribution in [-0.2, 0) is 0 Å². The van der Waals surface area contributed by atoms with E-state index in [0.29, 0.717) is 23.8 Å². The van der Waals surface area contributed by atoms with Gasteiger partial charge in [-0.15, -0.1) is 0 Å². The van der Waals surface area contributed by atoms with Crippen LogP contribution in [0.1, 0.15) is 36.2 Å². The molecule has 0 aromatic heterocycles. The van der Waals surface area contributed by atoms with Gasteiger partial charge in [-0.3, -0.25) is 4.79 Å². The van der Waals surface area contributed by atoms with Crippen molar-refractivity contribution in [1.29, 1.82) is 0 Å². The Balaban J connectivity index is 1.98. The molecule has 0 saturated carbocycles. The molecule has 4 nitrogen and oxygen atoms in total. The highest BCUT2D eigenvalue weighted by Gasteiger charge is 2.09. The van der Waals surface area contributed by atoms with Crippen molar-refractivity contribution in [3.63, 3.8) is 0 Å². The van der Waals surface area contributed by atoms with Gasteiger partial charge in [0.05, 0.1) is 6.61 Å². The van der Waals surface area contributed by atoms with Crippen LogP contribution < -0.4 is 15.8 Å². The van der Waals surface area contributed by atoms with Gasteiger partial charge in [0.1, 0.15) is 5.75 Å². The molecule has 0 bridgehead atoms. The minimum Gasteiger partial charge on any atom is -0.494 e. The summed E-state index contributed by atoms with van der Waals surface area (Å²) in [6, 6.07) is 12.6. The van der Waals surface area contributed by atoms with E-state index in [1.54, 1.807) is 12.1 Å². The lowest BCUT2D eigenvalue weighted by molar-refractivity contribution is 0.102. The molecule has 122 valence electrons. The molecule has 0 heterocycles. The molecule has 0 aliphatic rings. The maximum atomic E-state index is 12.3. The largest absolute Gasteiger partial charge is 0.494 e. The van der Waals surface area contributed by atoms with E-state index in [2.05, 4.69) is 19.2 Å². The summed E-state index contributed by atoms with van der Waals surface area (Å²) in [6.07, 6.45) is 1.01. The summed E-state index contributed by atoms with van der Waals surface area (Å²) in [7, 11) is 0. The van der Waals surface area contributed by atoms with Gasteiger partial charge >= 0.3 is 0 Å². The molecule has 0 spiro atoms. The lowest BCUT2D eigenvalue weighted by atomic mass is 10.1. The van der Waals surface area contributed by atoms with Crippen LogP contribution in [0.25, 0.3) is 0 Å². The van der Waals surface area contributed by atoms with Gasteiger partial charge in [0.15, 0.2) is 0 Å². The van der Waals surface area contributed by atoms with Crippen molar-refractivity contribution in [2.45, 2.75) is 27.2 Å². The molecule has 0 saturated heterocycles. The highest BCUT2D eigenvalue weighted by Crippen LogP contribution is 2.21. The van der Waals surface area contributed by atoms with Gasteiger partial charge in [-0.1, -0.05) is 19.9 Å². The van der Waals surface area contributed by atoms with E-state index in [1.165, 1.54) is 0 Å². The third-order valence-electron chi connectivity index (χ3n) is 3.70. The van der Waals surface area contributed by atoms with Crippen molar-refractivity contribution < 1.29 is 9.53 Å². The van der Waals surface area contributed by atoms with Gasteiger partial charge in [0.2, 0.25) is 0 Å². The van der Waals surface area contributed by atoms with Gasteiger partial charge in [0.25, 0.3) is 5.91 Å². The highest BCUT2D eigenvalue weighted by molar-refractivity contribution is 6.05. The lowest BCUT2D eigenvalue weighted by Gasteiger charge is -2.11. The van der Waals surface area contributed by atoms with Crippen LogP contribution in [-0.4, -0.2) is 12.5 Å². The van der Waals surface area contributed by atoms with Gasteiger partial charge < -0.3 is 15.8 Å². The van der Waals surface area contributed by atoms with Crippen molar-refractivity contribution in [2.24, 2.45) is 5.92 Å². The smallest absolute Gasteiger partial charge is 0.255 e. The molecule has 2 rings (SSSR count). The first-order valence-electron chi connectivity index (χ1n) is 7.86. The zero-order valence-corrected chi connectivity index (χ0v) is 13.9. The predicted octanol–water partition coefficient (Wildman–Crippen LogP) is 4.25. The Bertz CT molecular complexity index is 664. The van der Waals surface area contributed by atoms with E-state index < -0.39 is 0 Å². The molecular formula is C19H24N2O2. The predicted molar refractivity (Wildman–Crippen MR) is 94.9 cm³/mol. The molecule has 0 radical (unpaired) electrons. The standard InChI is InChI=1S/C19H24N2O2/c1-13(2)11-12-23-16-9-7-15(8-10-16)19(22)21-18-6-4-5-17(20)14(18)3/h4-10,13H,11-12,20H2,1-3H3,(H,21,22). The SMILES string of the molecule is Cc1c(N)cccc1NC(=O)c1ccc(OCCC(C)C)cc1. The number of anilines is 2. The second-order valence-electron chi connectivity index (χ2n) is 6.03. The van der Waals surface area contributed by atoms with Gasteiger partial charge in [0, 0.05) is 16.9 Å². The first-order valence-corrected chi connectivity index (χ1v) is 7.86. The van der Waals surface area contributed by atoms with E-state index in [-0.39, 0.29) is 5.91 Å². The molecular weight excluding hydrogens is 288 g/mol. The number of amides is 1. The number of nitrogens with two attached hydrogens (primary N) is 1. The number of nitrogens with one attached hydrogen (secondary N) is 1. The number of nitrogen functional groups attached to an aromatic ring is 1. The van der Waals surface area contributed by atoms with E-state index in [4.69, 9.17) is 10.5 Å². The summed E-state index contributed by atoms with van der Waals surface area (Å²) in [5.41, 5.74) is 8.70. The van der Waals surface area contributed by atoms with Gasteiger partial charge in [-0.2, -0.15) is 0 Å². The number of hydrogen-bond donors (Lipinski definition) is 2. The monoisotopic (exact) mass is 312 g/mol. The molecule has 0 aliphatic carbocycles. The first-order chi connectivity index (χ1) is 11.0. The fourth-order valence-corrected chi connectivity index (χ4v) is 2.10. The topological polar surface area (TPSA) is 64.3 Å². The highest BCUT2D eigenvalue weighted by atomic mass is 16.5. The zero-order valence-electron chi connectivity index (χ0n) is 13.9. The van der Waals surface area contributed by atoms with Crippen LogP contribution in [0.2, 0.25) is 0 Å². The maximum absolute atomic E-state index is 12.3. The minimum atomic E-state index is -0.160. The third-order valence-corrected chi connectivity index (χ3v) is 3.70. The normalized spacial score (nSPS) is 10.6. The molecule has 2 aromatic carbocycles. The first kappa shape index (κ1) is 16.9. The van der Waals surface area contributed by atoms with Crippen LogP contribution in [0.5, 0.6) is 5.75 Å². The van der Waals surface area contributed by atoms with E-state index in [0.717, 1.165) is 23.4 Å². The van der Waals surface area contributed by atoms with E-state index in [9.17, 15) is 4.79 Å². The van der Waals surface area contributed by atoms with Crippen LogP contribution in [0, 0.1) is 12.8 Å². The molecule has 0 fully saturated rings. The summed E-state index contributed by atoms with van der Waals surface area (Å²) in [4.78, 5) is 12.3. The number of carbonyl (C=O) groups is 1. The van der Waals surface area contributed by atoms with Crippen molar-refractivity contribution in [3.8, 4) is 5.75 Å². The Morgan fingerprint density at radius 1 is 1.17 bits per heavy atom. The summed E-state index contributed by atoms with van der Waals surface area (Å²) >= 11 is 0. The van der Waals surface area contributed by atoms with Gasteiger partial charge in [-0.25, -0.2) is 0 Å². The minimum absolute atomic E-state index is 0.160. The molecule has 1 amide bonds. The maximum Gasteiger partial charge on any atom is 0.255 e. The molecule has 23 heavy (non-hydrogen) atoms. The number of benzene rings is 2. The lowest BCUT2D eigenvalue weighted by Crippen LogP contribution is -2.13. The molecule has 4 heteroatoms. The fraction of sp³-hybridized carbons (Fsp3) is 0.316. The Morgan fingerprint density at radius 2 is 1.87 bits per heavy atom. The zero-order chi connectivity index (χ0) is 16.8. The summed E-state index contributed by atoms with van der Waals surface area (Å²) in [6.45, 7) is 6.90. The second-order valence-corrected chi connectivity index (χ2v) is 6.03. The summed E-state index contributed by atoms with van der Waals surface area (Å²) in [5, 5.41) is 2.89. The van der Waals surface area contributed by atoms with Crippen LogP contribution in [0.3, 0.4) is 0 Å². The number of hydrogen-bond acceptors (Lipinski definition) is 3. The van der Waals surface area contributed by atoms with Crippen LogP contribution >= 0.6 is 0 Å². The second kappa shape index (κ2) is 7.68. The summed E-state index contributed by atoms with van der Waals surface area (Å²) in [5.74, 6) is 1.23. The van der Waals surface area contributed by atoms with Crippen LogP contribution in [0.4, 0.5) is 11.4 Å². The Kier molecular flexibility index (Phi) is 5.63. The molecule has 0 unspecified atom stereocenters. The molecule has 0 atom stereocenters. The molecule has 2 aromatic rings. The molecule has 3 N–H and O–H groups in total. The molecule has 0 aliphatic heterocycles. The third kappa shape index (κ3) is 4.74. The average molecular weight is 312 g/mol. The van der Waals surface area contributed by atoms with Crippen molar-refractivity contribution in [1.82, 2.24) is 0 Å². The van der Waals surface area contributed by atoms with Crippen molar-refractivity contribution in [2.75, 3.05) is 17.7 Å². The Morgan fingerprint density at radius 3 is 2.52 bits per heavy atom. The number of rotatable bonds is 6. The number of carbonyl (C=O) groups excluding carboxylic acids is 1. The van der Waals surface area contributed by atoms with E-state index in [1.807, 2.05) is 37.3 Å². The van der Waals surface area contributed by atoms with Gasteiger partial charge in [-0.05, 0) is 61.2 Å². The average Bonchev–Trinajstić information content (AvgIpc) is 2.52. The fourth-order valence-electron chi connectivity index (χ4n) is 2.10. The summed E-state index contributed by atoms with van der Waals surface area (Å²) < 4.78 is 5.66. The Labute approximate surface area is 137 Å². The quantitative estimate of drug-likeness (QED) is 0.784. The van der Waals surface area contributed by atoms with Crippen molar-refractivity contribution >= 4 is 17.3 Å². The van der Waals surface area contributed by atoms with Crippen molar-refractivity contribution in [3.05, 3.63) is 53.6 Å². The van der Waals surface area contributed by atoms with Crippen LogP contribution in [0.15, 0.2) is 42.5 Å². The number of ether oxygens (including phenoxy) is 1. The van der Waals surface area contributed by atoms with E-state index >= 15 is 0 Å².